The summed E-state index contributed by atoms with van der Waals surface area (Å²) in [4.78, 5) is 11.2. The van der Waals surface area contributed by atoms with Crippen molar-refractivity contribution in [2.45, 2.75) is 58.9 Å². The average molecular weight is 263 g/mol. The third-order valence-electron chi connectivity index (χ3n) is 4.29. The molecule has 0 bridgehead atoms. The van der Waals surface area contributed by atoms with Gasteiger partial charge >= 0.3 is 0 Å². The molecule has 0 aliphatic heterocycles. The van der Waals surface area contributed by atoms with Crippen LogP contribution in [0.3, 0.4) is 0 Å². The van der Waals surface area contributed by atoms with Crippen LogP contribution in [0.4, 0.5) is 0 Å². The molecule has 0 saturated heterocycles. The molecule has 1 rings (SSSR count). The first-order valence-corrected chi connectivity index (χ1v) is 6.49. The van der Waals surface area contributed by atoms with Crippen molar-refractivity contribution in [3.05, 3.63) is 0 Å². The van der Waals surface area contributed by atoms with Gasteiger partial charge in [-0.3, -0.25) is 4.79 Å². The minimum Gasteiger partial charge on any atom is -0.352 e. The van der Waals surface area contributed by atoms with Crippen LogP contribution in [-0.2, 0) is 4.79 Å². The Kier molecular flexibility index (Phi) is 7.10. The van der Waals surface area contributed by atoms with Crippen molar-refractivity contribution in [2.75, 3.05) is 6.54 Å². The highest BCUT2D eigenvalue weighted by molar-refractivity contribution is 5.85. The van der Waals surface area contributed by atoms with Crippen LogP contribution in [0.25, 0.3) is 0 Å². The molecule has 0 atom stereocenters. The highest BCUT2D eigenvalue weighted by Crippen LogP contribution is 2.40. The lowest BCUT2D eigenvalue weighted by Gasteiger charge is -2.39. The molecule has 17 heavy (non-hydrogen) atoms. The maximum absolute atomic E-state index is 11.2. The zero-order chi connectivity index (χ0) is 12.2. The number of hydrogen-bond acceptors (Lipinski definition) is 2. The summed E-state index contributed by atoms with van der Waals surface area (Å²) in [7, 11) is 0. The molecule has 1 aliphatic rings. The minimum atomic E-state index is -0.0156. The summed E-state index contributed by atoms with van der Waals surface area (Å²) in [6.07, 6.45) is 5.92. The summed E-state index contributed by atoms with van der Waals surface area (Å²) < 4.78 is 0. The van der Waals surface area contributed by atoms with Gasteiger partial charge in [-0.1, -0.05) is 27.2 Å². The standard InChI is InChI=1S/C13H26N2O.ClH/c1-4-13(2,3)10-5-7-11(8-6-10)15-12(16)9-14;/h10-11H,4-9,14H2,1-3H3,(H,15,16);1H. The fourth-order valence-electron chi connectivity index (χ4n) is 2.59. The van der Waals surface area contributed by atoms with Gasteiger partial charge in [0.15, 0.2) is 0 Å². The maximum Gasteiger partial charge on any atom is 0.233 e. The Morgan fingerprint density at radius 1 is 1.29 bits per heavy atom. The molecule has 1 amide bonds. The van der Waals surface area contributed by atoms with Crippen LogP contribution in [0.15, 0.2) is 0 Å². The Morgan fingerprint density at radius 3 is 2.24 bits per heavy atom. The summed E-state index contributed by atoms with van der Waals surface area (Å²) in [5.41, 5.74) is 5.74. The van der Waals surface area contributed by atoms with Crippen molar-refractivity contribution in [1.29, 1.82) is 0 Å². The Hall–Kier alpha value is -0.280. The highest BCUT2D eigenvalue weighted by atomic mass is 35.5. The van der Waals surface area contributed by atoms with E-state index in [2.05, 4.69) is 26.1 Å². The zero-order valence-corrected chi connectivity index (χ0v) is 12.1. The lowest BCUT2D eigenvalue weighted by atomic mass is 9.69. The van der Waals surface area contributed by atoms with Crippen molar-refractivity contribution >= 4 is 18.3 Å². The molecule has 0 heterocycles. The van der Waals surface area contributed by atoms with Gasteiger partial charge in [0.1, 0.15) is 0 Å². The molecular formula is C13H27ClN2O. The third kappa shape index (κ3) is 4.84. The van der Waals surface area contributed by atoms with Crippen molar-refractivity contribution in [1.82, 2.24) is 5.32 Å². The summed E-state index contributed by atoms with van der Waals surface area (Å²) >= 11 is 0. The zero-order valence-electron chi connectivity index (χ0n) is 11.3. The fraction of sp³-hybridized carbons (Fsp3) is 0.923. The van der Waals surface area contributed by atoms with E-state index in [0.29, 0.717) is 11.5 Å². The number of nitrogens with one attached hydrogen (secondary N) is 1. The molecule has 0 radical (unpaired) electrons. The summed E-state index contributed by atoms with van der Waals surface area (Å²) in [5, 5.41) is 2.99. The highest BCUT2D eigenvalue weighted by Gasteiger charge is 2.31. The number of amides is 1. The molecule has 1 saturated carbocycles. The van der Waals surface area contributed by atoms with E-state index in [0.717, 1.165) is 18.8 Å². The molecule has 4 heteroatoms. The minimum absolute atomic E-state index is 0. The first kappa shape index (κ1) is 16.7. The van der Waals surface area contributed by atoms with Crippen molar-refractivity contribution < 1.29 is 4.79 Å². The molecule has 0 aromatic rings. The maximum atomic E-state index is 11.2. The fourth-order valence-corrected chi connectivity index (χ4v) is 2.59. The quantitative estimate of drug-likeness (QED) is 0.818. The van der Waals surface area contributed by atoms with E-state index in [9.17, 15) is 4.79 Å². The van der Waals surface area contributed by atoms with Crippen molar-refractivity contribution in [3.63, 3.8) is 0 Å². The Balaban J connectivity index is 0.00000256. The molecule has 0 spiro atoms. The van der Waals surface area contributed by atoms with Crippen molar-refractivity contribution in [2.24, 2.45) is 17.1 Å². The normalized spacial score (nSPS) is 24.9. The van der Waals surface area contributed by atoms with E-state index in [4.69, 9.17) is 5.73 Å². The van der Waals surface area contributed by atoms with Gasteiger partial charge in [-0.25, -0.2) is 0 Å². The van der Waals surface area contributed by atoms with Crippen LogP contribution in [0, 0.1) is 11.3 Å². The van der Waals surface area contributed by atoms with Crippen LogP contribution in [0.5, 0.6) is 0 Å². The molecule has 0 unspecified atom stereocenters. The summed E-state index contributed by atoms with van der Waals surface area (Å²) in [5.74, 6) is 0.793. The topological polar surface area (TPSA) is 55.1 Å². The van der Waals surface area contributed by atoms with E-state index >= 15 is 0 Å². The number of halogens is 1. The molecule has 3 N–H and O–H groups in total. The van der Waals surface area contributed by atoms with Gasteiger partial charge in [0.2, 0.25) is 5.91 Å². The van der Waals surface area contributed by atoms with E-state index in [1.165, 1.54) is 19.3 Å². The van der Waals surface area contributed by atoms with Crippen LogP contribution >= 0.6 is 12.4 Å². The van der Waals surface area contributed by atoms with Gasteiger partial charge in [-0.15, -0.1) is 12.4 Å². The Bertz CT molecular complexity index is 236. The van der Waals surface area contributed by atoms with Crippen LogP contribution in [0.1, 0.15) is 52.9 Å². The van der Waals surface area contributed by atoms with Gasteiger partial charge in [0.25, 0.3) is 0 Å². The van der Waals surface area contributed by atoms with E-state index in [-0.39, 0.29) is 24.9 Å². The number of carbonyl (C=O) groups is 1. The molecule has 102 valence electrons. The van der Waals surface area contributed by atoms with Crippen molar-refractivity contribution in [3.8, 4) is 0 Å². The largest absolute Gasteiger partial charge is 0.352 e. The van der Waals surface area contributed by atoms with Crippen LogP contribution in [0.2, 0.25) is 0 Å². The number of hydrogen-bond donors (Lipinski definition) is 2. The smallest absolute Gasteiger partial charge is 0.233 e. The Labute approximate surface area is 111 Å². The lowest BCUT2D eigenvalue weighted by molar-refractivity contribution is -0.120. The predicted octanol–water partition coefficient (Wildman–Crippen LogP) is 2.48. The van der Waals surface area contributed by atoms with Gasteiger partial charge < -0.3 is 11.1 Å². The Morgan fingerprint density at radius 2 is 1.82 bits per heavy atom. The van der Waals surface area contributed by atoms with E-state index in [1.54, 1.807) is 0 Å². The van der Waals surface area contributed by atoms with Crippen LogP contribution < -0.4 is 11.1 Å². The van der Waals surface area contributed by atoms with Crippen LogP contribution in [-0.4, -0.2) is 18.5 Å². The second-order valence-corrected chi connectivity index (χ2v) is 5.66. The second-order valence-electron chi connectivity index (χ2n) is 5.66. The monoisotopic (exact) mass is 262 g/mol. The summed E-state index contributed by atoms with van der Waals surface area (Å²) in [6.45, 7) is 7.09. The SMILES string of the molecule is CCC(C)(C)C1CCC(NC(=O)CN)CC1.Cl. The molecule has 0 aromatic heterocycles. The number of carbonyl (C=O) groups excluding carboxylic acids is 1. The van der Waals surface area contributed by atoms with Gasteiger partial charge in [-0.2, -0.15) is 0 Å². The van der Waals surface area contributed by atoms with Gasteiger partial charge in [0.05, 0.1) is 6.54 Å². The average Bonchev–Trinajstić information content (AvgIpc) is 2.29. The number of nitrogens with two attached hydrogens (primary N) is 1. The van der Waals surface area contributed by atoms with Gasteiger partial charge in [-0.05, 0) is 37.0 Å². The third-order valence-corrected chi connectivity index (χ3v) is 4.29. The first-order chi connectivity index (χ1) is 7.49. The molecule has 3 nitrogen and oxygen atoms in total. The molecule has 1 aliphatic carbocycles. The first-order valence-electron chi connectivity index (χ1n) is 6.49. The summed E-state index contributed by atoms with van der Waals surface area (Å²) in [6, 6.07) is 0.361. The molecule has 0 aromatic carbocycles. The lowest BCUT2D eigenvalue weighted by Crippen LogP contribution is -2.42. The number of rotatable bonds is 4. The predicted molar refractivity (Wildman–Crippen MR) is 74.3 cm³/mol. The second kappa shape index (κ2) is 7.22. The molecular weight excluding hydrogens is 236 g/mol. The molecule has 1 fully saturated rings. The van der Waals surface area contributed by atoms with E-state index in [1.807, 2.05) is 0 Å². The van der Waals surface area contributed by atoms with Gasteiger partial charge in [0, 0.05) is 6.04 Å². The van der Waals surface area contributed by atoms with E-state index < -0.39 is 0 Å².